The molecule has 0 aromatic heterocycles. The van der Waals surface area contributed by atoms with Crippen molar-refractivity contribution in [1.29, 1.82) is 0 Å². The van der Waals surface area contributed by atoms with E-state index in [-0.39, 0.29) is 36.0 Å². The van der Waals surface area contributed by atoms with Crippen molar-refractivity contribution in [3.8, 4) is 0 Å². The number of halogens is 2. The Hall–Kier alpha value is 0.0700. The number of hydrogen-bond donors (Lipinski definition) is 1. The Labute approximate surface area is 68.8 Å². The first kappa shape index (κ1) is 11.8. The van der Waals surface area contributed by atoms with Crippen LogP contribution in [0.3, 0.4) is 0 Å². The number of nitrogens with one attached hydrogen (secondary N) is 1. The summed E-state index contributed by atoms with van der Waals surface area (Å²) in [5, 5.41) is 1.87. The lowest BCUT2D eigenvalue weighted by molar-refractivity contribution is -0.117. The number of imide groups is 1. The molecule has 6 heteroatoms. The van der Waals surface area contributed by atoms with Crippen molar-refractivity contribution < 1.29 is 9.59 Å². The van der Waals surface area contributed by atoms with Crippen molar-refractivity contribution in [2.45, 2.75) is 0 Å². The summed E-state index contributed by atoms with van der Waals surface area (Å²) < 4.78 is 0. The van der Waals surface area contributed by atoms with Crippen LogP contribution in [0, 0.1) is 0 Å². The van der Waals surface area contributed by atoms with E-state index in [9.17, 15) is 9.59 Å². The van der Waals surface area contributed by atoms with Gasteiger partial charge in [-0.05, 0) is 0 Å². The third-order valence-corrected chi connectivity index (χ3v) is 1.35. The molecular formula is C3H5Cl2NO2S. The Morgan fingerprint density at radius 2 is 1.89 bits per heavy atom. The van der Waals surface area contributed by atoms with Crippen LogP contribution in [0.1, 0.15) is 0 Å². The molecule has 0 aromatic rings. The number of carbonyl (C=O) groups is 2. The van der Waals surface area contributed by atoms with Crippen LogP contribution in [-0.4, -0.2) is 16.9 Å². The molecule has 0 spiro atoms. The first-order chi connectivity index (χ1) is 3.29. The van der Waals surface area contributed by atoms with Crippen LogP contribution in [0.4, 0.5) is 4.79 Å². The second-order valence-electron chi connectivity index (χ2n) is 1.12. The minimum atomic E-state index is -0.231. The van der Waals surface area contributed by atoms with E-state index < -0.39 is 0 Å². The van der Waals surface area contributed by atoms with Crippen LogP contribution in [0.2, 0.25) is 0 Å². The van der Waals surface area contributed by atoms with Gasteiger partial charge in [0.05, 0.1) is 5.75 Å². The number of rotatable bonds is 0. The van der Waals surface area contributed by atoms with Gasteiger partial charge < -0.3 is 0 Å². The number of hydrogen-bond acceptors (Lipinski definition) is 3. The molecule has 0 aliphatic carbocycles. The summed E-state index contributed by atoms with van der Waals surface area (Å²) in [7, 11) is 0. The molecule has 1 N–H and O–H groups in total. The highest BCUT2D eigenvalue weighted by Crippen LogP contribution is 2.06. The molecule has 0 saturated carbocycles. The van der Waals surface area contributed by atoms with Gasteiger partial charge in [0, 0.05) is 0 Å². The number of thioether (sulfide) groups is 1. The van der Waals surface area contributed by atoms with E-state index in [1.54, 1.807) is 0 Å². The molecule has 9 heavy (non-hydrogen) atoms. The fraction of sp³-hybridized carbons (Fsp3) is 0.333. The molecule has 1 aliphatic heterocycles. The Balaban J connectivity index is 0. The van der Waals surface area contributed by atoms with Gasteiger partial charge in [0.25, 0.3) is 5.24 Å². The summed E-state index contributed by atoms with van der Waals surface area (Å²) in [6.45, 7) is 0. The normalized spacial score (nSPS) is 15.6. The van der Waals surface area contributed by atoms with Gasteiger partial charge in [-0.3, -0.25) is 14.9 Å². The van der Waals surface area contributed by atoms with E-state index >= 15 is 0 Å². The first-order valence-electron chi connectivity index (χ1n) is 1.75. The lowest BCUT2D eigenvalue weighted by Crippen LogP contribution is -2.18. The third-order valence-electron chi connectivity index (χ3n) is 0.576. The predicted molar refractivity (Wildman–Crippen MR) is 40.5 cm³/mol. The van der Waals surface area contributed by atoms with Crippen LogP contribution in [-0.2, 0) is 4.79 Å². The lowest BCUT2D eigenvalue weighted by atomic mass is 10.7. The van der Waals surface area contributed by atoms with Gasteiger partial charge in [0.2, 0.25) is 5.91 Å². The van der Waals surface area contributed by atoms with Gasteiger partial charge in [-0.15, -0.1) is 24.8 Å². The van der Waals surface area contributed by atoms with Crippen LogP contribution in [0.15, 0.2) is 0 Å². The van der Waals surface area contributed by atoms with E-state index in [1.165, 1.54) is 0 Å². The Morgan fingerprint density at radius 1 is 1.33 bits per heavy atom. The molecule has 1 fully saturated rings. The zero-order chi connectivity index (χ0) is 5.28. The van der Waals surface area contributed by atoms with Crippen LogP contribution < -0.4 is 5.32 Å². The highest BCUT2D eigenvalue weighted by atomic mass is 35.5. The van der Waals surface area contributed by atoms with Crippen LogP contribution in [0.25, 0.3) is 0 Å². The highest BCUT2D eigenvalue weighted by molar-refractivity contribution is 8.14. The summed E-state index contributed by atoms with van der Waals surface area (Å²) in [6.07, 6.45) is 0. The molecule has 1 rings (SSSR count). The van der Waals surface area contributed by atoms with Gasteiger partial charge >= 0.3 is 0 Å². The van der Waals surface area contributed by atoms with Crippen molar-refractivity contribution >= 4 is 47.7 Å². The SMILES string of the molecule is Cl.Cl.O=C1CSC(=O)N1. The van der Waals surface area contributed by atoms with Crippen molar-refractivity contribution in [3.05, 3.63) is 0 Å². The summed E-state index contributed by atoms with van der Waals surface area (Å²) in [6, 6.07) is 0. The van der Waals surface area contributed by atoms with Gasteiger partial charge in [-0.1, -0.05) is 11.8 Å². The fourth-order valence-electron chi connectivity index (χ4n) is 0.317. The fourth-order valence-corrected chi connectivity index (χ4v) is 0.837. The van der Waals surface area contributed by atoms with Crippen molar-refractivity contribution in [1.82, 2.24) is 5.32 Å². The van der Waals surface area contributed by atoms with Crippen molar-refractivity contribution in [3.63, 3.8) is 0 Å². The largest absolute Gasteiger partial charge is 0.286 e. The highest BCUT2D eigenvalue weighted by Gasteiger charge is 2.16. The van der Waals surface area contributed by atoms with Crippen LogP contribution in [0.5, 0.6) is 0 Å². The van der Waals surface area contributed by atoms with E-state index in [0.29, 0.717) is 5.75 Å². The molecule has 0 radical (unpaired) electrons. The summed E-state index contributed by atoms with van der Waals surface area (Å²) in [5.74, 6) is 0.105. The molecule has 0 unspecified atom stereocenters. The van der Waals surface area contributed by atoms with Crippen molar-refractivity contribution in [2.24, 2.45) is 0 Å². The Morgan fingerprint density at radius 3 is 2.00 bits per heavy atom. The monoisotopic (exact) mass is 189 g/mol. The second-order valence-corrected chi connectivity index (χ2v) is 2.07. The Kier molecular flexibility index (Phi) is 6.44. The molecule has 0 aromatic carbocycles. The zero-order valence-corrected chi connectivity index (χ0v) is 6.70. The minimum absolute atomic E-state index is 0. The minimum Gasteiger partial charge on any atom is -0.286 e. The van der Waals surface area contributed by atoms with Crippen LogP contribution >= 0.6 is 36.6 Å². The zero-order valence-electron chi connectivity index (χ0n) is 4.25. The van der Waals surface area contributed by atoms with E-state index in [1.807, 2.05) is 0 Å². The van der Waals surface area contributed by atoms with E-state index in [2.05, 4.69) is 5.32 Å². The average Bonchev–Trinajstić information content (AvgIpc) is 1.87. The van der Waals surface area contributed by atoms with Gasteiger partial charge in [-0.2, -0.15) is 0 Å². The maximum absolute atomic E-state index is 10.1. The van der Waals surface area contributed by atoms with Gasteiger partial charge in [-0.25, -0.2) is 0 Å². The summed E-state index contributed by atoms with van der Waals surface area (Å²) in [4.78, 5) is 20.2. The molecule has 54 valence electrons. The quantitative estimate of drug-likeness (QED) is 0.614. The van der Waals surface area contributed by atoms with E-state index in [0.717, 1.165) is 11.8 Å². The average molecular weight is 190 g/mol. The predicted octanol–water partition coefficient (Wildman–Crippen LogP) is 0.813. The number of carbonyl (C=O) groups excluding carboxylic acids is 2. The topological polar surface area (TPSA) is 46.2 Å². The number of amides is 2. The molecule has 1 heterocycles. The molecule has 0 atom stereocenters. The smallest absolute Gasteiger partial charge is 0.286 e. The second kappa shape index (κ2) is 4.90. The molecule has 0 bridgehead atoms. The first-order valence-corrected chi connectivity index (χ1v) is 2.74. The van der Waals surface area contributed by atoms with Gasteiger partial charge in [0.15, 0.2) is 0 Å². The van der Waals surface area contributed by atoms with Gasteiger partial charge in [0.1, 0.15) is 0 Å². The van der Waals surface area contributed by atoms with Crippen molar-refractivity contribution in [2.75, 3.05) is 5.75 Å². The third kappa shape index (κ3) is 3.61. The summed E-state index contributed by atoms with van der Waals surface area (Å²) in [5.41, 5.74) is 0. The standard InChI is InChI=1S/C3H3NO2S.2ClH/c5-2-1-7-3(6)4-2;;/h1H2,(H,4,5,6);2*1H. The maximum Gasteiger partial charge on any atom is 0.286 e. The van der Waals surface area contributed by atoms with E-state index in [4.69, 9.17) is 0 Å². The molecular weight excluding hydrogens is 185 g/mol. The molecule has 2 amide bonds. The lowest BCUT2D eigenvalue weighted by Gasteiger charge is -1.77. The maximum atomic E-state index is 10.1. The summed E-state index contributed by atoms with van der Waals surface area (Å²) >= 11 is 1.01. The Bertz CT molecular complexity index is 115. The molecule has 3 nitrogen and oxygen atoms in total. The molecule has 1 aliphatic rings. The molecule has 1 saturated heterocycles.